The molecular formula is C12H12ClN3O2. The van der Waals surface area contributed by atoms with Crippen LogP contribution in [-0.4, -0.2) is 22.2 Å². The highest BCUT2D eigenvalue weighted by Gasteiger charge is 2.24. The van der Waals surface area contributed by atoms with Gasteiger partial charge in [0.1, 0.15) is 0 Å². The monoisotopic (exact) mass is 265 g/mol. The van der Waals surface area contributed by atoms with E-state index in [0.29, 0.717) is 29.0 Å². The molecule has 1 saturated heterocycles. The quantitative estimate of drug-likeness (QED) is 0.817. The van der Waals surface area contributed by atoms with E-state index in [4.69, 9.17) is 11.6 Å². The Labute approximate surface area is 108 Å². The molecule has 1 aromatic heterocycles. The normalized spacial score (nSPS) is 15.9. The lowest BCUT2D eigenvalue weighted by atomic mass is 10.1. The Morgan fingerprint density at radius 2 is 2.06 bits per heavy atom. The van der Waals surface area contributed by atoms with Crippen LogP contribution in [0, 0.1) is 0 Å². The molecule has 1 fully saturated rings. The number of nitrogens with one attached hydrogen (secondary N) is 1. The van der Waals surface area contributed by atoms with Crippen LogP contribution in [0.4, 0.5) is 0 Å². The largest absolute Gasteiger partial charge is 0.331 e. The summed E-state index contributed by atoms with van der Waals surface area (Å²) in [7, 11) is 1.67. The van der Waals surface area contributed by atoms with Crippen molar-refractivity contribution in [3.63, 3.8) is 0 Å². The van der Waals surface area contributed by atoms with Crippen LogP contribution in [0.5, 0.6) is 0 Å². The van der Waals surface area contributed by atoms with Crippen LogP contribution >= 0.6 is 11.6 Å². The topological polar surface area (TPSA) is 56.0 Å². The van der Waals surface area contributed by atoms with Crippen LogP contribution in [0.1, 0.15) is 6.04 Å². The summed E-state index contributed by atoms with van der Waals surface area (Å²) in [4.78, 5) is 24.5. The molecule has 1 aliphatic heterocycles. The van der Waals surface area contributed by atoms with Crippen LogP contribution < -0.4 is 16.6 Å². The number of fused-ring (bicyclic) bond motifs is 1. The van der Waals surface area contributed by atoms with E-state index in [1.165, 1.54) is 9.13 Å². The maximum absolute atomic E-state index is 12.4. The molecule has 0 atom stereocenters. The Balaban J connectivity index is 2.44. The van der Waals surface area contributed by atoms with Crippen molar-refractivity contribution >= 4 is 22.5 Å². The van der Waals surface area contributed by atoms with Gasteiger partial charge in [0.25, 0.3) is 5.56 Å². The van der Waals surface area contributed by atoms with E-state index in [-0.39, 0.29) is 17.3 Å². The Kier molecular flexibility index (Phi) is 2.53. The highest BCUT2D eigenvalue weighted by molar-refractivity contribution is 6.31. The Bertz CT molecular complexity index is 743. The van der Waals surface area contributed by atoms with E-state index in [0.717, 1.165) is 0 Å². The summed E-state index contributed by atoms with van der Waals surface area (Å²) in [5.41, 5.74) is 0.0707. The summed E-state index contributed by atoms with van der Waals surface area (Å²) in [6.07, 6.45) is 0. The number of hydrogen-bond acceptors (Lipinski definition) is 3. The van der Waals surface area contributed by atoms with Crippen LogP contribution in [0.25, 0.3) is 10.9 Å². The fourth-order valence-corrected chi connectivity index (χ4v) is 2.40. The highest BCUT2D eigenvalue weighted by Crippen LogP contribution is 2.16. The van der Waals surface area contributed by atoms with Gasteiger partial charge in [0.15, 0.2) is 0 Å². The minimum atomic E-state index is -0.277. The fraction of sp³-hybridized carbons (Fsp3) is 0.333. The number of aromatic nitrogens is 2. The fourth-order valence-electron chi connectivity index (χ4n) is 2.23. The summed E-state index contributed by atoms with van der Waals surface area (Å²) < 4.78 is 2.81. The van der Waals surface area contributed by atoms with Gasteiger partial charge in [0, 0.05) is 25.2 Å². The molecule has 1 aliphatic rings. The average molecular weight is 266 g/mol. The van der Waals surface area contributed by atoms with Crippen molar-refractivity contribution in [2.24, 2.45) is 7.05 Å². The smallest absolute Gasteiger partial charge is 0.312 e. The van der Waals surface area contributed by atoms with Gasteiger partial charge in [-0.1, -0.05) is 11.6 Å². The number of hydrogen-bond donors (Lipinski definition) is 1. The third-order valence-corrected chi connectivity index (χ3v) is 3.62. The zero-order valence-electron chi connectivity index (χ0n) is 9.81. The zero-order valence-corrected chi connectivity index (χ0v) is 10.6. The van der Waals surface area contributed by atoms with Gasteiger partial charge in [-0.15, -0.1) is 0 Å². The third kappa shape index (κ3) is 1.51. The number of aryl methyl sites for hydroxylation is 1. The maximum atomic E-state index is 12.4. The molecular weight excluding hydrogens is 254 g/mol. The average Bonchev–Trinajstić information content (AvgIpc) is 2.29. The Morgan fingerprint density at radius 1 is 1.33 bits per heavy atom. The predicted molar refractivity (Wildman–Crippen MR) is 70.4 cm³/mol. The van der Waals surface area contributed by atoms with Gasteiger partial charge in [-0.2, -0.15) is 0 Å². The lowest BCUT2D eigenvalue weighted by molar-refractivity contribution is 0.323. The second-order valence-corrected chi connectivity index (χ2v) is 4.93. The first-order valence-corrected chi connectivity index (χ1v) is 6.09. The van der Waals surface area contributed by atoms with E-state index in [2.05, 4.69) is 5.32 Å². The highest BCUT2D eigenvalue weighted by atomic mass is 35.5. The van der Waals surface area contributed by atoms with E-state index in [1.54, 1.807) is 25.2 Å². The SMILES string of the molecule is Cn1c(=O)n(C2CNC2)c(=O)c2cc(Cl)ccc21. The lowest BCUT2D eigenvalue weighted by Gasteiger charge is -2.28. The molecule has 2 heterocycles. The van der Waals surface area contributed by atoms with Gasteiger partial charge in [-0.25, -0.2) is 4.79 Å². The summed E-state index contributed by atoms with van der Waals surface area (Å²) in [6.45, 7) is 1.31. The van der Waals surface area contributed by atoms with Gasteiger partial charge in [-0.05, 0) is 18.2 Å². The first-order chi connectivity index (χ1) is 8.59. The number of benzene rings is 1. The lowest BCUT2D eigenvalue weighted by Crippen LogP contribution is -2.53. The molecule has 0 unspecified atom stereocenters. The molecule has 1 aromatic carbocycles. The van der Waals surface area contributed by atoms with E-state index >= 15 is 0 Å². The Hall–Kier alpha value is -1.59. The van der Waals surface area contributed by atoms with Crippen LogP contribution in [0.2, 0.25) is 5.02 Å². The van der Waals surface area contributed by atoms with Crippen LogP contribution in [0.15, 0.2) is 27.8 Å². The van der Waals surface area contributed by atoms with Crippen molar-refractivity contribution in [1.82, 2.24) is 14.5 Å². The summed E-state index contributed by atoms with van der Waals surface area (Å²) in [5.74, 6) is 0. The van der Waals surface area contributed by atoms with Gasteiger partial charge in [0.05, 0.1) is 16.9 Å². The molecule has 6 heteroatoms. The molecule has 94 valence electrons. The summed E-state index contributed by atoms with van der Waals surface area (Å²) in [5, 5.41) is 4.04. The summed E-state index contributed by atoms with van der Waals surface area (Å²) in [6, 6.07) is 4.93. The number of halogens is 1. The molecule has 2 aromatic rings. The van der Waals surface area contributed by atoms with Crippen molar-refractivity contribution in [3.05, 3.63) is 44.1 Å². The van der Waals surface area contributed by atoms with Gasteiger partial charge in [0.2, 0.25) is 0 Å². The van der Waals surface area contributed by atoms with Crippen LogP contribution in [0.3, 0.4) is 0 Å². The van der Waals surface area contributed by atoms with Gasteiger partial charge in [-0.3, -0.25) is 13.9 Å². The number of nitrogens with zero attached hydrogens (tertiary/aromatic N) is 2. The molecule has 1 N–H and O–H groups in total. The van der Waals surface area contributed by atoms with E-state index in [9.17, 15) is 9.59 Å². The molecule has 0 spiro atoms. The third-order valence-electron chi connectivity index (χ3n) is 3.39. The van der Waals surface area contributed by atoms with E-state index < -0.39 is 0 Å². The van der Waals surface area contributed by atoms with Crippen molar-refractivity contribution in [3.8, 4) is 0 Å². The van der Waals surface area contributed by atoms with Crippen molar-refractivity contribution in [1.29, 1.82) is 0 Å². The molecule has 0 amide bonds. The number of rotatable bonds is 1. The van der Waals surface area contributed by atoms with Crippen molar-refractivity contribution < 1.29 is 0 Å². The molecule has 0 saturated carbocycles. The first kappa shape index (κ1) is 11.5. The second-order valence-electron chi connectivity index (χ2n) is 4.49. The molecule has 18 heavy (non-hydrogen) atoms. The molecule has 0 radical (unpaired) electrons. The van der Waals surface area contributed by atoms with Crippen molar-refractivity contribution in [2.45, 2.75) is 6.04 Å². The maximum Gasteiger partial charge on any atom is 0.331 e. The van der Waals surface area contributed by atoms with Gasteiger partial charge < -0.3 is 5.32 Å². The molecule has 0 bridgehead atoms. The van der Waals surface area contributed by atoms with E-state index in [1.807, 2.05) is 0 Å². The Morgan fingerprint density at radius 3 is 2.67 bits per heavy atom. The molecule has 5 nitrogen and oxygen atoms in total. The van der Waals surface area contributed by atoms with Crippen molar-refractivity contribution in [2.75, 3.05) is 13.1 Å². The zero-order chi connectivity index (χ0) is 12.9. The molecule has 0 aliphatic carbocycles. The first-order valence-electron chi connectivity index (χ1n) is 5.71. The standard InChI is InChI=1S/C12H12ClN3O2/c1-15-10-3-2-7(13)4-9(10)11(17)16(12(15)18)8-5-14-6-8/h2-4,8,14H,5-6H2,1H3. The van der Waals surface area contributed by atoms with Gasteiger partial charge >= 0.3 is 5.69 Å². The minimum absolute atomic E-state index is 0.0559. The van der Waals surface area contributed by atoms with Crippen LogP contribution in [-0.2, 0) is 7.05 Å². The second kappa shape index (κ2) is 3.96. The predicted octanol–water partition coefficient (Wildman–Crippen LogP) is 0.498. The minimum Gasteiger partial charge on any atom is -0.312 e. The summed E-state index contributed by atoms with van der Waals surface area (Å²) >= 11 is 5.91. The molecule has 3 rings (SSSR count).